The van der Waals surface area contributed by atoms with E-state index >= 15 is 0 Å². The lowest BCUT2D eigenvalue weighted by molar-refractivity contribution is -0.138. The summed E-state index contributed by atoms with van der Waals surface area (Å²) in [6.45, 7) is 0.465. The van der Waals surface area contributed by atoms with Gasteiger partial charge in [-0.15, -0.1) is 0 Å². The average Bonchev–Trinajstić information content (AvgIpc) is 2.81. The zero-order valence-electron chi connectivity index (χ0n) is 17.7. The number of para-hydroxylation sites is 2. The van der Waals surface area contributed by atoms with Crippen molar-refractivity contribution in [1.82, 2.24) is 15.1 Å². The van der Waals surface area contributed by atoms with Crippen molar-refractivity contribution in [2.75, 3.05) is 25.5 Å². The van der Waals surface area contributed by atoms with Gasteiger partial charge in [0.2, 0.25) is 11.8 Å². The number of amides is 4. The highest BCUT2D eigenvalue weighted by Crippen LogP contribution is 2.27. The highest BCUT2D eigenvalue weighted by molar-refractivity contribution is 6.03. The molecule has 2 unspecified atom stereocenters. The molecule has 168 valence electrons. The lowest BCUT2D eigenvalue weighted by atomic mass is 9.93. The normalized spacial score (nSPS) is 20.7. The first-order valence-electron chi connectivity index (χ1n) is 10.5. The summed E-state index contributed by atoms with van der Waals surface area (Å²) in [6.07, 6.45) is 1.42. The van der Waals surface area contributed by atoms with Crippen LogP contribution in [0.3, 0.4) is 0 Å². The number of ether oxygens (including phenoxy) is 1. The van der Waals surface area contributed by atoms with Gasteiger partial charge >= 0.3 is 6.03 Å². The molecular weight excluding hydrogens is 415 g/mol. The van der Waals surface area contributed by atoms with Crippen LogP contribution in [0.15, 0.2) is 48.5 Å². The SMILES string of the molecule is COc1ccccc1NC(=O)CN1C(=O)N(Cc2ccc(F)cc2)C(=O)C2NCCCC21. The van der Waals surface area contributed by atoms with Gasteiger partial charge in [0.15, 0.2) is 0 Å². The summed E-state index contributed by atoms with van der Waals surface area (Å²) < 4.78 is 18.5. The van der Waals surface area contributed by atoms with Crippen LogP contribution in [-0.4, -0.2) is 59.9 Å². The first kappa shape index (κ1) is 21.8. The zero-order chi connectivity index (χ0) is 22.7. The third-order valence-corrected chi connectivity index (χ3v) is 5.78. The number of nitrogens with zero attached hydrogens (tertiary/aromatic N) is 2. The Morgan fingerprint density at radius 1 is 1.19 bits per heavy atom. The van der Waals surface area contributed by atoms with Gasteiger partial charge in [0.1, 0.15) is 24.2 Å². The highest BCUT2D eigenvalue weighted by Gasteiger charge is 2.47. The number of hydrogen-bond acceptors (Lipinski definition) is 5. The number of fused-ring (bicyclic) bond motifs is 1. The number of hydrogen-bond donors (Lipinski definition) is 2. The van der Waals surface area contributed by atoms with Crippen molar-refractivity contribution in [2.45, 2.75) is 31.5 Å². The minimum Gasteiger partial charge on any atom is -0.495 e. The summed E-state index contributed by atoms with van der Waals surface area (Å²) in [5.41, 5.74) is 1.13. The smallest absolute Gasteiger partial charge is 0.327 e. The Morgan fingerprint density at radius 2 is 1.94 bits per heavy atom. The van der Waals surface area contributed by atoms with Crippen molar-refractivity contribution >= 4 is 23.5 Å². The summed E-state index contributed by atoms with van der Waals surface area (Å²) in [5.74, 6) is -0.599. The fraction of sp³-hybridized carbons (Fsp3) is 0.348. The van der Waals surface area contributed by atoms with Crippen LogP contribution in [0.4, 0.5) is 14.9 Å². The molecule has 2 aromatic rings. The number of anilines is 1. The molecule has 2 heterocycles. The van der Waals surface area contributed by atoms with Crippen molar-refractivity contribution < 1.29 is 23.5 Å². The van der Waals surface area contributed by atoms with Crippen molar-refractivity contribution in [2.24, 2.45) is 0 Å². The average molecular weight is 440 g/mol. The van der Waals surface area contributed by atoms with E-state index in [-0.39, 0.29) is 24.9 Å². The molecule has 2 fully saturated rings. The lowest BCUT2D eigenvalue weighted by Crippen LogP contribution is -2.70. The molecule has 2 atom stereocenters. The van der Waals surface area contributed by atoms with Crippen molar-refractivity contribution in [3.8, 4) is 5.75 Å². The molecule has 0 saturated carbocycles. The Bertz CT molecular complexity index is 1010. The van der Waals surface area contributed by atoms with Crippen LogP contribution in [-0.2, 0) is 16.1 Å². The van der Waals surface area contributed by atoms with Gasteiger partial charge in [0.25, 0.3) is 0 Å². The fourth-order valence-electron chi connectivity index (χ4n) is 4.21. The van der Waals surface area contributed by atoms with Crippen LogP contribution in [0.2, 0.25) is 0 Å². The molecule has 2 aliphatic rings. The molecule has 0 aromatic heterocycles. The van der Waals surface area contributed by atoms with E-state index in [4.69, 9.17) is 4.74 Å². The summed E-state index contributed by atoms with van der Waals surface area (Å²) in [7, 11) is 1.51. The van der Waals surface area contributed by atoms with Crippen LogP contribution in [0, 0.1) is 5.82 Å². The molecule has 9 heteroatoms. The van der Waals surface area contributed by atoms with Crippen molar-refractivity contribution in [3.63, 3.8) is 0 Å². The Balaban J connectivity index is 1.54. The van der Waals surface area contributed by atoms with Crippen LogP contribution in [0.25, 0.3) is 0 Å². The van der Waals surface area contributed by atoms with Gasteiger partial charge in [-0.2, -0.15) is 0 Å². The van der Waals surface area contributed by atoms with Crippen molar-refractivity contribution in [1.29, 1.82) is 0 Å². The second-order valence-electron chi connectivity index (χ2n) is 7.85. The maximum Gasteiger partial charge on any atom is 0.327 e. The van der Waals surface area contributed by atoms with Gasteiger partial charge < -0.3 is 20.3 Å². The number of methoxy groups -OCH3 is 1. The van der Waals surface area contributed by atoms with Gasteiger partial charge in [-0.25, -0.2) is 9.18 Å². The molecule has 0 spiro atoms. The minimum atomic E-state index is -0.582. The molecule has 2 N–H and O–H groups in total. The summed E-state index contributed by atoms with van der Waals surface area (Å²) in [4.78, 5) is 41.8. The number of carbonyl (C=O) groups is 3. The van der Waals surface area contributed by atoms with E-state index in [1.54, 1.807) is 24.3 Å². The molecule has 0 radical (unpaired) electrons. The van der Waals surface area contributed by atoms with Gasteiger partial charge in [0, 0.05) is 0 Å². The summed E-state index contributed by atoms with van der Waals surface area (Å²) >= 11 is 0. The third-order valence-electron chi connectivity index (χ3n) is 5.78. The largest absolute Gasteiger partial charge is 0.495 e. The topological polar surface area (TPSA) is 91.0 Å². The second kappa shape index (κ2) is 9.35. The van der Waals surface area contributed by atoms with E-state index in [1.807, 2.05) is 0 Å². The van der Waals surface area contributed by atoms with Crippen molar-refractivity contribution in [3.05, 3.63) is 59.9 Å². The second-order valence-corrected chi connectivity index (χ2v) is 7.85. The molecule has 4 rings (SSSR count). The molecule has 0 aliphatic carbocycles. The maximum absolute atomic E-state index is 13.3. The molecule has 8 nitrogen and oxygen atoms in total. The molecule has 0 bridgehead atoms. The van der Waals surface area contributed by atoms with Gasteiger partial charge in [-0.05, 0) is 49.2 Å². The lowest BCUT2D eigenvalue weighted by Gasteiger charge is -2.46. The van der Waals surface area contributed by atoms with Gasteiger partial charge in [-0.3, -0.25) is 14.5 Å². The zero-order valence-corrected chi connectivity index (χ0v) is 17.7. The third kappa shape index (κ3) is 4.43. The molecule has 32 heavy (non-hydrogen) atoms. The number of halogens is 1. The minimum absolute atomic E-state index is 0.00741. The van der Waals surface area contributed by atoms with Crippen LogP contribution in [0.1, 0.15) is 18.4 Å². The number of carbonyl (C=O) groups excluding carboxylic acids is 3. The Kier molecular flexibility index (Phi) is 6.36. The molecule has 2 aliphatic heterocycles. The predicted molar refractivity (Wildman–Crippen MR) is 115 cm³/mol. The van der Waals surface area contributed by atoms with Gasteiger partial charge in [0.05, 0.1) is 25.4 Å². The van der Waals surface area contributed by atoms with Crippen LogP contribution in [0.5, 0.6) is 5.75 Å². The molecule has 4 amide bonds. The van der Waals surface area contributed by atoms with E-state index in [1.165, 1.54) is 36.3 Å². The first-order chi connectivity index (χ1) is 15.5. The number of piperidine rings is 1. The number of rotatable bonds is 6. The fourth-order valence-corrected chi connectivity index (χ4v) is 4.21. The maximum atomic E-state index is 13.3. The van der Waals surface area contributed by atoms with E-state index in [2.05, 4.69) is 10.6 Å². The highest BCUT2D eigenvalue weighted by atomic mass is 19.1. The summed E-state index contributed by atoms with van der Waals surface area (Å²) in [5, 5.41) is 5.97. The van der Waals surface area contributed by atoms with Crippen LogP contribution < -0.4 is 15.4 Å². The molecular formula is C23H25FN4O4. The first-order valence-corrected chi connectivity index (χ1v) is 10.5. The Morgan fingerprint density at radius 3 is 2.69 bits per heavy atom. The number of imide groups is 1. The van der Waals surface area contributed by atoms with Gasteiger partial charge in [-0.1, -0.05) is 24.3 Å². The Labute approximate surface area is 185 Å². The molecule has 2 aromatic carbocycles. The number of urea groups is 1. The predicted octanol–water partition coefficient (Wildman–Crippen LogP) is 2.36. The standard InChI is InChI=1S/C23H25FN4O4/c1-32-19-7-3-2-5-17(19)26-20(29)14-27-18-6-4-12-25-21(18)22(30)28(23(27)31)13-15-8-10-16(24)11-9-15/h2-3,5,7-11,18,21,25H,4,6,12-14H2,1H3,(H,26,29). The number of nitrogens with one attached hydrogen (secondary N) is 2. The van der Waals surface area contributed by atoms with Crippen LogP contribution >= 0.6 is 0 Å². The molecule has 2 saturated heterocycles. The van der Waals surface area contributed by atoms with E-state index < -0.39 is 23.9 Å². The van der Waals surface area contributed by atoms with E-state index in [0.29, 0.717) is 30.0 Å². The monoisotopic (exact) mass is 440 g/mol. The van der Waals surface area contributed by atoms with E-state index in [0.717, 1.165) is 11.3 Å². The Hall–Kier alpha value is -3.46. The quantitative estimate of drug-likeness (QED) is 0.720. The van der Waals surface area contributed by atoms with E-state index in [9.17, 15) is 18.8 Å². The summed E-state index contributed by atoms with van der Waals surface area (Å²) in [6, 6.07) is 11.1. The number of benzene rings is 2.